The predicted octanol–water partition coefficient (Wildman–Crippen LogP) is 3.80. The topological polar surface area (TPSA) is 75.8 Å². The minimum atomic E-state index is -0.00171. The zero-order valence-electron chi connectivity index (χ0n) is 16.6. The van der Waals surface area contributed by atoms with Gasteiger partial charge < -0.3 is 19.2 Å². The van der Waals surface area contributed by atoms with Crippen LogP contribution in [0.5, 0.6) is 5.75 Å². The number of likely N-dealkylation sites (tertiary alicyclic amines) is 1. The van der Waals surface area contributed by atoms with Crippen LogP contribution in [0.2, 0.25) is 0 Å². The van der Waals surface area contributed by atoms with Crippen molar-refractivity contribution in [1.29, 1.82) is 0 Å². The summed E-state index contributed by atoms with van der Waals surface area (Å²) in [5.41, 5.74) is 3.05. The third-order valence-electron chi connectivity index (χ3n) is 5.54. The standard InChI is InChI=1S/C23H26N2O4/c1-28-19-8-5-16(6-9-19)14-22-24-20-10-7-17(15-21(20)29-22)23(27)25-12-3-2-4-18(25)11-13-26/h5-10,15,18,26H,2-4,11-14H2,1H3/t18-/m1/s1. The van der Waals surface area contributed by atoms with Crippen molar-refractivity contribution >= 4 is 17.0 Å². The van der Waals surface area contributed by atoms with Gasteiger partial charge in [0, 0.05) is 31.2 Å². The molecule has 1 atom stereocenters. The number of hydrogen-bond acceptors (Lipinski definition) is 5. The summed E-state index contributed by atoms with van der Waals surface area (Å²) in [7, 11) is 1.64. The van der Waals surface area contributed by atoms with Crippen LogP contribution in [0.25, 0.3) is 11.1 Å². The van der Waals surface area contributed by atoms with Crippen LogP contribution in [0.4, 0.5) is 0 Å². The molecule has 0 aliphatic carbocycles. The summed E-state index contributed by atoms with van der Waals surface area (Å²) in [5, 5.41) is 9.31. The number of nitrogens with zero attached hydrogens (tertiary/aromatic N) is 2. The summed E-state index contributed by atoms with van der Waals surface area (Å²) in [4.78, 5) is 19.5. The van der Waals surface area contributed by atoms with Gasteiger partial charge in [-0.15, -0.1) is 0 Å². The van der Waals surface area contributed by atoms with Gasteiger partial charge >= 0.3 is 0 Å². The highest BCUT2D eigenvalue weighted by Gasteiger charge is 2.27. The fraction of sp³-hybridized carbons (Fsp3) is 0.391. The van der Waals surface area contributed by atoms with E-state index in [1.54, 1.807) is 13.2 Å². The number of aliphatic hydroxyl groups excluding tert-OH is 1. The van der Waals surface area contributed by atoms with Crippen molar-refractivity contribution in [3.05, 3.63) is 59.5 Å². The highest BCUT2D eigenvalue weighted by Crippen LogP contribution is 2.25. The molecule has 1 aliphatic rings. The van der Waals surface area contributed by atoms with Crippen molar-refractivity contribution in [3.63, 3.8) is 0 Å². The largest absolute Gasteiger partial charge is 0.497 e. The molecule has 1 saturated heterocycles. The van der Waals surface area contributed by atoms with Gasteiger partial charge in [-0.2, -0.15) is 0 Å². The fourth-order valence-corrected chi connectivity index (χ4v) is 3.98. The molecular formula is C23H26N2O4. The number of aliphatic hydroxyl groups is 1. The van der Waals surface area contributed by atoms with E-state index in [0.29, 0.717) is 29.9 Å². The Kier molecular flexibility index (Phi) is 5.81. The number of fused-ring (bicyclic) bond motifs is 1. The van der Waals surface area contributed by atoms with Crippen molar-refractivity contribution in [2.45, 2.75) is 38.1 Å². The van der Waals surface area contributed by atoms with Crippen molar-refractivity contribution in [3.8, 4) is 5.75 Å². The van der Waals surface area contributed by atoms with Crippen LogP contribution in [0, 0.1) is 0 Å². The molecule has 1 fully saturated rings. The summed E-state index contributed by atoms with van der Waals surface area (Å²) in [5.74, 6) is 1.43. The van der Waals surface area contributed by atoms with Crippen LogP contribution >= 0.6 is 0 Å². The normalized spacial score (nSPS) is 16.9. The van der Waals surface area contributed by atoms with E-state index in [1.165, 1.54) is 0 Å². The fourth-order valence-electron chi connectivity index (χ4n) is 3.98. The Morgan fingerprint density at radius 2 is 2.07 bits per heavy atom. The van der Waals surface area contributed by atoms with Crippen LogP contribution in [-0.2, 0) is 6.42 Å². The SMILES string of the molecule is COc1ccc(Cc2nc3ccc(C(=O)N4CCCC[C@@H]4CCO)cc3o2)cc1. The number of hydrogen-bond donors (Lipinski definition) is 1. The lowest BCUT2D eigenvalue weighted by atomic mass is 9.98. The van der Waals surface area contributed by atoms with E-state index in [-0.39, 0.29) is 18.6 Å². The van der Waals surface area contributed by atoms with E-state index in [9.17, 15) is 9.90 Å². The first-order valence-corrected chi connectivity index (χ1v) is 10.1. The molecule has 0 spiro atoms. The number of piperidine rings is 1. The molecule has 0 unspecified atom stereocenters. The molecule has 2 aromatic carbocycles. The minimum Gasteiger partial charge on any atom is -0.497 e. The van der Waals surface area contributed by atoms with Crippen LogP contribution in [0.15, 0.2) is 46.9 Å². The summed E-state index contributed by atoms with van der Waals surface area (Å²) < 4.78 is 11.1. The second kappa shape index (κ2) is 8.66. The van der Waals surface area contributed by atoms with Gasteiger partial charge in [0.05, 0.1) is 7.11 Å². The zero-order valence-corrected chi connectivity index (χ0v) is 16.6. The molecule has 4 rings (SSSR count). The number of oxazole rings is 1. The maximum atomic E-state index is 13.1. The molecule has 3 aromatic rings. The lowest BCUT2D eigenvalue weighted by Crippen LogP contribution is -2.44. The maximum Gasteiger partial charge on any atom is 0.254 e. The van der Waals surface area contributed by atoms with Crippen molar-refractivity contribution in [2.24, 2.45) is 0 Å². The van der Waals surface area contributed by atoms with Crippen molar-refractivity contribution in [1.82, 2.24) is 9.88 Å². The Morgan fingerprint density at radius 3 is 2.83 bits per heavy atom. The molecule has 152 valence electrons. The maximum absolute atomic E-state index is 13.1. The number of aromatic nitrogens is 1. The molecule has 6 nitrogen and oxygen atoms in total. The Hall–Kier alpha value is -2.86. The van der Waals surface area contributed by atoms with Crippen LogP contribution < -0.4 is 4.74 Å². The van der Waals surface area contributed by atoms with E-state index >= 15 is 0 Å². The van der Waals surface area contributed by atoms with Crippen molar-refractivity contribution in [2.75, 3.05) is 20.3 Å². The number of carbonyl (C=O) groups excluding carboxylic acids is 1. The molecule has 1 amide bonds. The average molecular weight is 394 g/mol. The van der Waals surface area contributed by atoms with Gasteiger partial charge in [0.1, 0.15) is 11.3 Å². The number of amides is 1. The number of ether oxygens (including phenoxy) is 1. The number of carbonyl (C=O) groups is 1. The molecule has 1 N–H and O–H groups in total. The van der Waals surface area contributed by atoms with Crippen LogP contribution in [0.1, 0.15) is 47.5 Å². The lowest BCUT2D eigenvalue weighted by molar-refractivity contribution is 0.0574. The first kappa shape index (κ1) is 19.5. The highest BCUT2D eigenvalue weighted by molar-refractivity contribution is 5.97. The van der Waals surface area contributed by atoms with Gasteiger partial charge in [-0.25, -0.2) is 4.98 Å². The predicted molar refractivity (Wildman–Crippen MR) is 110 cm³/mol. The molecule has 0 radical (unpaired) electrons. The first-order valence-electron chi connectivity index (χ1n) is 10.1. The van der Waals surface area contributed by atoms with E-state index in [4.69, 9.17) is 9.15 Å². The lowest BCUT2D eigenvalue weighted by Gasteiger charge is -2.35. The van der Waals surface area contributed by atoms with Gasteiger partial charge in [0.2, 0.25) is 0 Å². The second-order valence-corrected chi connectivity index (χ2v) is 7.48. The molecule has 1 aromatic heterocycles. The van der Waals surface area contributed by atoms with Gasteiger partial charge in [0.25, 0.3) is 5.91 Å². The minimum absolute atomic E-state index is 0.00171. The van der Waals surface area contributed by atoms with E-state index in [1.807, 2.05) is 41.3 Å². The molecule has 1 aliphatic heterocycles. The molecule has 29 heavy (non-hydrogen) atoms. The monoisotopic (exact) mass is 394 g/mol. The quantitative estimate of drug-likeness (QED) is 0.688. The molecular weight excluding hydrogens is 368 g/mol. The van der Waals surface area contributed by atoms with E-state index in [2.05, 4.69) is 4.98 Å². The Bertz CT molecular complexity index is 978. The highest BCUT2D eigenvalue weighted by atomic mass is 16.5. The van der Waals surface area contributed by atoms with Gasteiger partial charge in [-0.05, 0) is 61.6 Å². The number of methoxy groups -OCH3 is 1. The number of rotatable bonds is 6. The van der Waals surface area contributed by atoms with Crippen molar-refractivity contribution < 1.29 is 19.1 Å². The third kappa shape index (κ3) is 4.27. The van der Waals surface area contributed by atoms with Gasteiger partial charge in [-0.1, -0.05) is 12.1 Å². The molecule has 0 bridgehead atoms. The molecule has 0 saturated carbocycles. The molecule has 2 heterocycles. The average Bonchev–Trinajstić information content (AvgIpc) is 3.16. The zero-order chi connectivity index (χ0) is 20.2. The van der Waals surface area contributed by atoms with E-state index < -0.39 is 0 Å². The summed E-state index contributed by atoms with van der Waals surface area (Å²) in [6.07, 6.45) is 4.26. The smallest absolute Gasteiger partial charge is 0.254 e. The summed E-state index contributed by atoms with van der Waals surface area (Å²) >= 11 is 0. The number of benzene rings is 2. The Labute approximate surface area is 170 Å². The van der Waals surface area contributed by atoms with Gasteiger partial charge in [-0.3, -0.25) is 4.79 Å². The summed E-state index contributed by atoms with van der Waals surface area (Å²) in [6, 6.07) is 13.3. The second-order valence-electron chi connectivity index (χ2n) is 7.48. The van der Waals surface area contributed by atoms with Gasteiger partial charge in [0.15, 0.2) is 11.5 Å². The van der Waals surface area contributed by atoms with E-state index in [0.717, 1.165) is 42.6 Å². The Balaban J connectivity index is 1.53. The van der Waals surface area contributed by atoms with Crippen LogP contribution in [0.3, 0.4) is 0 Å². The molecule has 6 heteroatoms. The van der Waals surface area contributed by atoms with Crippen LogP contribution in [-0.4, -0.2) is 47.2 Å². The first-order chi connectivity index (χ1) is 14.2. The third-order valence-corrected chi connectivity index (χ3v) is 5.54. The Morgan fingerprint density at radius 1 is 1.24 bits per heavy atom. The summed E-state index contributed by atoms with van der Waals surface area (Å²) in [6.45, 7) is 0.838.